The standard InChI is InChI=1S/C24H32ClN3O4S/c1-17-7-10-19(15-22(17)25)26-33(30,28-14-13-20(16-28)27(5)6)32-21-11-8-18(9-12-21)23(29)31-24(2,3)4/h7-12,15,20H,13-14,16H2,1-6H3/t20-,33?/m0/s1. The SMILES string of the molecule is Cc1ccc(N=S(=O)(Oc2ccc(C(=O)OC(C)(C)C)cc2)N2CC[C@H](N(C)C)C2)cc1Cl. The molecule has 2 atom stereocenters. The molecule has 2 aromatic carbocycles. The maximum atomic E-state index is 14.1. The van der Waals surface area contributed by atoms with Gasteiger partial charge in [-0.15, -0.1) is 0 Å². The maximum absolute atomic E-state index is 14.1. The summed E-state index contributed by atoms with van der Waals surface area (Å²) in [5, 5.41) is 0.548. The van der Waals surface area contributed by atoms with Gasteiger partial charge in [0.15, 0.2) is 0 Å². The van der Waals surface area contributed by atoms with Crippen LogP contribution in [0.5, 0.6) is 5.75 Å². The normalized spacial score (nSPS) is 18.7. The predicted octanol–water partition coefficient (Wildman–Crippen LogP) is 5.25. The minimum atomic E-state index is -3.27. The minimum absolute atomic E-state index is 0.251. The molecule has 1 unspecified atom stereocenters. The van der Waals surface area contributed by atoms with Gasteiger partial charge in [-0.1, -0.05) is 17.7 Å². The Balaban J connectivity index is 1.92. The maximum Gasteiger partial charge on any atom is 0.338 e. The molecule has 0 aliphatic carbocycles. The van der Waals surface area contributed by atoms with Crippen LogP contribution in [0.4, 0.5) is 5.69 Å². The van der Waals surface area contributed by atoms with Gasteiger partial charge in [0.1, 0.15) is 11.4 Å². The first kappa shape index (κ1) is 25.5. The van der Waals surface area contributed by atoms with Crippen LogP contribution in [0.2, 0.25) is 5.02 Å². The highest BCUT2D eigenvalue weighted by Gasteiger charge is 2.33. The van der Waals surface area contributed by atoms with Gasteiger partial charge in [-0.2, -0.15) is 12.9 Å². The Morgan fingerprint density at radius 2 is 1.85 bits per heavy atom. The van der Waals surface area contributed by atoms with Crippen LogP contribution < -0.4 is 4.18 Å². The molecule has 9 heteroatoms. The molecule has 0 aromatic heterocycles. The molecule has 0 amide bonds. The molecule has 1 saturated heterocycles. The van der Waals surface area contributed by atoms with E-state index >= 15 is 0 Å². The minimum Gasteiger partial charge on any atom is -0.456 e. The van der Waals surface area contributed by atoms with E-state index in [1.807, 2.05) is 47.9 Å². The van der Waals surface area contributed by atoms with Crippen molar-refractivity contribution in [3.05, 3.63) is 58.6 Å². The van der Waals surface area contributed by atoms with Gasteiger partial charge in [0.25, 0.3) is 10.2 Å². The van der Waals surface area contributed by atoms with Crippen LogP contribution >= 0.6 is 11.6 Å². The first-order valence-electron chi connectivity index (χ1n) is 10.8. The van der Waals surface area contributed by atoms with Crippen LogP contribution in [-0.4, -0.2) is 58.2 Å². The van der Waals surface area contributed by atoms with Gasteiger partial charge in [-0.05, 0) is 90.2 Å². The summed E-state index contributed by atoms with van der Waals surface area (Å²) < 4.78 is 31.8. The van der Waals surface area contributed by atoms with Gasteiger partial charge in [0.05, 0.1) is 11.3 Å². The van der Waals surface area contributed by atoms with Gasteiger partial charge < -0.3 is 13.8 Å². The zero-order valence-corrected chi connectivity index (χ0v) is 21.6. The summed E-state index contributed by atoms with van der Waals surface area (Å²) in [5.41, 5.74) is 1.19. The lowest BCUT2D eigenvalue weighted by Crippen LogP contribution is -2.36. The van der Waals surface area contributed by atoms with Crippen LogP contribution in [-0.2, 0) is 14.9 Å². The van der Waals surface area contributed by atoms with Crippen molar-refractivity contribution in [2.45, 2.75) is 45.8 Å². The predicted molar refractivity (Wildman–Crippen MR) is 132 cm³/mol. The smallest absolute Gasteiger partial charge is 0.338 e. The summed E-state index contributed by atoms with van der Waals surface area (Å²) >= 11 is 6.26. The van der Waals surface area contributed by atoms with Crippen molar-refractivity contribution in [2.24, 2.45) is 4.36 Å². The summed E-state index contributed by atoms with van der Waals surface area (Å²) in [4.78, 5) is 14.4. The molecular weight excluding hydrogens is 462 g/mol. The van der Waals surface area contributed by atoms with Gasteiger partial charge in [0.2, 0.25) is 0 Å². The van der Waals surface area contributed by atoms with Gasteiger partial charge in [-0.3, -0.25) is 0 Å². The van der Waals surface area contributed by atoms with E-state index in [2.05, 4.69) is 9.26 Å². The third-order valence-corrected chi connectivity index (χ3v) is 7.50. The average Bonchev–Trinajstić information content (AvgIpc) is 3.21. The van der Waals surface area contributed by atoms with Crippen molar-refractivity contribution >= 4 is 33.5 Å². The molecule has 1 fully saturated rings. The van der Waals surface area contributed by atoms with Crippen LogP contribution in [0, 0.1) is 6.92 Å². The van der Waals surface area contributed by atoms with E-state index in [0.29, 0.717) is 35.1 Å². The number of carbonyl (C=O) groups is 1. The number of hydrogen-bond donors (Lipinski definition) is 0. The van der Waals surface area contributed by atoms with E-state index in [0.717, 1.165) is 12.0 Å². The molecule has 180 valence electrons. The number of esters is 1. The number of likely N-dealkylation sites (N-methyl/N-ethyl adjacent to an activating group) is 1. The average molecular weight is 494 g/mol. The Kier molecular flexibility index (Phi) is 7.73. The molecule has 3 rings (SSSR count). The number of aryl methyl sites for hydroxylation is 1. The molecule has 0 saturated carbocycles. The zero-order valence-electron chi connectivity index (χ0n) is 20.0. The van der Waals surface area contributed by atoms with Gasteiger partial charge in [-0.25, -0.2) is 4.79 Å². The summed E-state index contributed by atoms with van der Waals surface area (Å²) in [6, 6.07) is 12.0. The number of hydrogen-bond acceptors (Lipinski definition) is 6. The van der Waals surface area contributed by atoms with Gasteiger partial charge >= 0.3 is 5.97 Å². The number of rotatable bonds is 6. The van der Waals surface area contributed by atoms with Gasteiger partial charge in [0, 0.05) is 24.2 Å². The summed E-state index contributed by atoms with van der Waals surface area (Å²) in [5.74, 6) is -0.0790. The lowest BCUT2D eigenvalue weighted by molar-refractivity contribution is 0.00695. The number of nitrogens with zero attached hydrogens (tertiary/aromatic N) is 3. The Hall–Kier alpha value is -2.13. The molecule has 1 aliphatic heterocycles. The highest BCUT2D eigenvalue weighted by Crippen LogP contribution is 2.28. The number of carbonyl (C=O) groups excluding carboxylic acids is 1. The Morgan fingerprint density at radius 3 is 2.39 bits per heavy atom. The lowest BCUT2D eigenvalue weighted by Gasteiger charge is -2.23. The monoisotopic (exact) mass is 493 g/mol. The van der Waals surface area contributed by atoms with Crippen molar-refractivity contribution in [1.82, 2.24) is 9.21 Å². The molecule has 0 radical (unpaired) electrons. The molecule has 7 nitrogen and oxygen atoms in total. The van der Waals surface area contributed by atoms with Crippen LogP contribution in [0.3, 0.4) is 0 Å². The molecule has 1 heterocycles. The molecule has 0 spiro atoms. The highest BCUT2D eigenvalue weighted by atomic mass is 35.5. The van der Waals surface area contributed by atoms with Crippen molar-refractivity contribution < 1.29 is 17.9 Å². The van der Waals surface area contributed by atoms with E-state index in [-0.39, 0.29) is 6.04 Å². The molecular formula is C24H32ClN3O4S. The second kappa shape index (κ2) is 10.0. The summed E-state index contributed by atoms with van der Waals surface area (Å²) in [6.45, 7) is 8.48. The fraction of sp³-hybridized carbons (Fsp3) is 0.458. The van der Waals surface area contributed by atoms with Crippen molar-refractivity contribution in [2.75, 3.05) is 27.2 Å². The first-order valence-corrected chi connectivity index (χ1v) is 12.6. The highest BCUT2D eigenvalue weighted by molar-refractivity contribution is 7.87. The first-order chi connectivity index (χ1) is 15.4. The largest absolute Gasteiger partial charge is 0.456 e. The molecule has 33 heavy (non-hydrogen) atoms. The van der Waals surface area contributed by atoms with Crippen molar-refractivity contribution in [1.29, 1.82) is 0 Å². The summed E-state index contributed by atoms with van der Waals surface area (Å²) in [7, 11) is 0.732. The molecule has 0 bridgehead atoms. The van der Waals surface area contributed by atoms with Crippen LogP contribution in [0.25, 0.3) is 0 Å². The van der Waals surface area contributed by atoms with Crippen molar-refractivity contribution in [3.8, 4) is 5.75 Å². The van der Waals surface area contributed by atoms with Crippen LogP contribution in [0.1, 0.15) is 43.1 Å². The Labute approximate surface area is 202 Å². The van der Waals surface area contributed by atoms with E-state index in [9.17, 15) is 9.00 Å². The Morgan fingerprint density at radius 1 is 1.18 bits per heavy atom. The Bertz CT molecular complexity index is 1120. The number of benzene rings is 2. The van der Waals surface area contributed by atoms with Crippen molar-refractivity contribution in [3.63, 3.8) is 0 Å². The summed E-state index contributed by atoms with van der Waals surface area (Å²) in [6.07, 6.45) is 0.856. The number of halogens is 1. The third kappa shape index (κ3) is 6.69. The fourth-order valence-corrected chi connectivity index (χ4v) is 5.22. The second-order valence-corrected chi connectivity index (χ2v) is 11.5. The van der Waals surface area contributed by atoms with Crippen LogP contribution in [0.15, 0.2) is 46.8 Å². The van der Waals surface area contributed by atoms with E-state index in [1.54, 1.807) is 40.7 Å². The third-order valence-electron chi connectivity index (χ3n) is 5.25. The topological polar surface area (TPSA) is 71.4 Å². The molecule has 2 aromatic rings. The quantitative estimate of drug-likeness (QED) is 0.514. The lowest BCUT2D eigenvalue weighted by atomic mass is 10.1. The molecule has 0 N–H and O–H groups in total. The fourth-order valence-electron chi connectivity index (χ4n) is 3.35. The van der Waals surface area contributed by atoms with E-state index in [4.69, 9.17) is 20.5 Å². The second-order valence-electron chi connectivity index (χ2n) is 9.38. The molecule has 1 aliphatic rings. The zero-order chi connectivity index (χ0) is 24.4. The number of ether oxygens (including phenoxy) is 1. The van der Waals surface area contributed by atoms with E-state index < -0.39 is 21.8 Å². The van der Waals surface area contributed by atoms with E-state index in [1.165, 1.54) is 0 Å².